The van der Waals surface area contributed by atoms with E-state index in [2.05, 4.69) is 13.8 Å². The van der Waals surface area contributed by atoms with Gasteiger partial charge in [0, 0.05) is 12.8 Å². The maximum absolute atomic E-state index is 12.1. The van der Waals surface area contributed by atoms with Gasteiger partial charge in [0.15, 0.2) is 0 Å². The van der Waals surface area contributed by atoms with Crippen LogP contribution in [-0.2, 0) is 14.3 Å². The third-order valence-electron chi connectivity index (χ3n) is 5.43. The van der Waals surface area contributed by atoms with Crippen LogP contribution in [0.1, 0.15) is 143 Å². The molecule has 0 aromatic carbocycles. The van der Waals surface area contributed by atoms with E-state index in [1.165, 1.54) is 83.5 Å². The summed E-state index contributed by atoms with van der Waals surface area (Å²) in [6.07, 6.45) is 21.4. The number of hydrogen-bond donors (Lipinski definition) is 0. The lowest BCUT2D eigenvalue weighted by atomic mass is 10.0. The summed E-state index contributed by atoms with van der Waals surface area (Å²) in [6.45, 7) is 6.07. The Morgan fingerprint density at radius 2 is 1.07 bits per heavy atom. The molecule has 0 saturated heterocycles. The van der Waals surface area contributed by atoms with E-state index >= 15 is 0 Å². The lowest BCUT2D eigenvalue weighted by Crippen LogP contribution is -2.20. The molecular formula is C25H48O3. The van der Waals surface area contributed by atoms with Gasteiger partial charge in [-0.2, -0.15) is 0 Å². The maximum atomic E-state index is 12.1. The maximum Gasteiger partial charge on any atom is 0.306 e. The predicted octanol–water partition coefficient (Wildman–Crippen LogP) is 7.94. The van der Waals surface area contributed by atoms with Crippen LogP contribution in [0.5, 0.6) is 0 Å². The van der Waals surface area contributed by atoms with Crippen LogP contribution in [0.15, 0.2) is 0 Å². The molecule has 0 fully saturated rings. The van der Waals surface area contributed by atoms with E-state index in [1.807, 2.05) is 0 Å². The Balaban J connectivity index is 3.77. The highest BCUT2D eigenvalue weighted by Gasteiger charge is 2.16. The quantitative estimate of drug-likeness (QED) is 0.146. The fourth-order valence-corrected chi connectivity index (χ4v) is 3.68. The Labute approximate surface area is 175 Å². The number of esters is 1. The van der Waals surface area contributed by atoms with Crippen LogP contribution >= 0.6 is 0 Å². The second-order valence-electron chi connectivity index (χ2n) is 8.51. The summed E-state index contributed by atoms with van der Waals surface area (Å²) in [5.74, 6) is 0.000889. The van der Waals surface area contributed by atoms with E-state index in [-0.39, 0.29) is 17.9 Å². The third-order valence-corrected chi connectivity index (χ3v) is 5.43. The van der Waals surface area contributed by atoms with Gasteiger partial charge >= 0.3 is 5.97 Å². The molecule has 0 amide bonds. The summed E-state index contributed by atoms with van der Waals surface area (Å²) < 4.78 is 5.62. The van der Waals surface area contributed by atoms with Gasteiger partial charge in [0.25, 0.3) is 0 Å². The Kier molecular flexibility index (Phi) is 20.2. The van der Waals surface area contributed by atoms with Crippen molar-refractivity contribution < 1.29 is 14.3 Å². The van der Waals surface area contributed by atoms with Crippen LogP contribution in [0, 0.1) is 0 Å². The number of carbonyl (C=O) groups excluding carboxylic acids is 2. The lowest BCUT2D eigenvalue weighted by Gasteiger charge is -2.17. The van der Waals surface area contributed by atoms with E-state index < -0.39 is 0 Å². The Bertz CT molecular complexity index is 365. The first-order valence-corrected chi connectivity index (χ1v) is 12.3. The molecule has 0 N–H and O–H groups in total. The van der Waals surface area contributed by atoms with Gasteiger partial charge in [-0.15, -0.1) is 0 Å². The van der Waals surface area contributed by atoms with Crippen LogP contribution < -0.4 is 0 Å². The molecule has 0 unspecified atom stereocenters. The lowest BCUT2D eigenvalue weighted by molar-refractivity contribution is -0.150. The molecule has 0 aromatic rings. The summed E-state index contributed by atoms with van der Waals surface area (Å²) >= 11 is 0. The van der Waals surface area contributed by atoms with Gasteiger partial charge in [-0.1, -0.05) is 104 Å². The molecule has 1 atom stereocenters. The standard InChI is InChI=1S/C25H48O3/c1-4-6-8-10-12-13-15-17-19-21-25(27)28-24(22-23(3)26)20-18-16-14-11-9-7-5-2/h24H,4-22H2,1-3H3/t24-/m1/s1. The molecule has 0 aliphatic heterocycles. The molecule has 0 radical (unpaired) electrons. The zero-order chi connectivity index (χ0) is 20.9. The molecule has 0 spiro atoms. The molecule has 0 aliphatic carbocycles. The number of ketones is 1. The first kappa shape index (κ1) is 27.1. The zero-order valence-electron chi connectivity index (χ0n) is 19.2. The van der Waals surface area contributed by atoms with Crippen molar-refractivity contribution in [2.75, 3.05) is 0 Å². The van der Waals surface area contributed by atoms with Crippen molar-refractivity contribution in [2.24, 2.45) is 0 Å². The minimum Gasteiger partial charge on any atom is -0.462 e. The van der Waals surface area contributed by atoms with Gasteiger partial charge in [0.2, 0.25) is 0 Å². The van der Waals surface area contributed by atoms with Crippen molar-refractivity contribution in [3.63, 3.8) is 0 Å². The molecule has 0 bridgehead atoms. The highest BCUT2D eigenvalue weighted by Crippen LogP contribution is 2.16. The number of rotatable bonds is 21. The van der Waals surface area contributed by atoms with E-state index in [9.17, 15) is 9.59 Å². The largest absolute Gasteiger partial charge is 0.462 e. The minimum absolute atomic E-state index is 0.114. The summed E-state index contributed by atoms with van der Waals surface area (Å²) in [5, 5.41) is 0. The number of hydrogen-bond acceptors (Lipinski definition) is 3. The van der Waals surface area contributed by atoms with Crippen LogP contribution in [0.3, 0.4) is 0 Å². The predicted molar refractivity (Wildman–Crippen MR) is 120 cm³/mol. The second-order valence-corrected chi connectivity index (χ2v) is 8.51. The summed E-state index contributed by atoms with van der Waals surface area (Å²) in [5.41, 5.74) is 0. The minimum atomic E-state index is -0.209. The molecule has 0 saturated carbocycles. The molecule has 0 heterocycles. The first-order valence-electron chi connectivity index (χ1n) is 12.3. The highest BCUT2D eigenvalue weighted by molar-refractivity contribution is 5.76. The molecule has 166 valence electrons. The topological polar surface area (TPSA) is 43.4 Å². The SMILES string of the molecule is CCCCCCCCCCCC(=O)O[C@H](CCCCCCCCC)CC(C)=O. The van der Waals surface area contributed by atoms with Crippen LogP contribution in [0.25, 0.3) is 0 Å². The van der Waals surface area contributed by atoms with Crippen LogP contribution in [0.4, 0.5) is 0 Å². The zero-order valence-corrected chi connectivity index (χ0v) is 19.2. The van der Waals surface area contributed by atoms with Gasteiger partial charge in [0.05, 0.1) is 0 Å². The Hall–Kier alpha value is -0.860. The Morgan fingerprint density at radius 3 is 1.54 bits per heavy atom. The smallest absolute Gasteiger partial charge is 0.306 e. The van der Waals surface area contributed by atoms with Crippen molar-refractivity contribution in [2.45, 2.75) is 149 Å². The number of ether oxygens (including phenoxy) is 1. The average molecular weight is 397 g/mol. The van der Waals surface area contributed by atoms with Crippen molar-refractivity contribution >= 4 is 11.8 Å². The number of carbonyl (C=O) groups is 2. The fraction of sp³-hybridized carbons (Fsp3) is 0.920. The van der Waals surface area contributed by atoms with Crippen molar-refractivity contribution in [1.29, 1.82) is 0 Å². The second kappa shape index (κ2) is 20.9. The molecule has 0 rings (SSSR count). The Morgan fingerprint density at radius 1 is 0.643 bits per heavy atom. The molecular weight excluding hydrogens is 348 g/mol. The molecule has 3 nitrogen and oxygen atoms in total. The van der Waals surface area contributed by atoms with Gasteiger partial charge in [-0.05, 0) is 26.2 Å². The van der Waals surface area contributed by atoms with Crippen LogP contribution in [-0.4, -0.2) is 17.9 Å². The van der Waals surface area contributed by atoms with Crippen molar-refractivity contribution in [3.8, 4) is 0 Å². The first-order chi connectivity index (χ1) is 13.6. The average Bonchev–Trinajstić information content (AvgIpc) is 2.65. The molecule has 0 aromatic heterocycles. The molecule has 0 aliphatic rings. The summed E-state index contributed by atoms with van der Waals surface area (Å²) in [4.78, 5) is 23.6. The molecule has 28 heavy (non-hydrogen) atoms. The van der Waals surface area contributed by atoms with Gasteiger partial charge < -0.3 is 4.74 Å². The summed E-state index contributed by atoms with van der Waals surface area (Å²) in [6, 6.07) is 0. The monoisotopic (exact) mass is 396 g/mol. The number of unbranched alkanes of at least 4 members (excludes halogenated alkanes) is 14. The fourth-order valence-electron chi connectivity index (χ4n) is 3.68. The summed E-state index contributed by atoms with van der Waals surface area (Å²) in [7, 11) is 0. The van der Waals surface area contributed by atoms with E-state index in [4.69, 9.17) is 4.74 Å². The van der Waals surface area contributed by atoms with Gasteiger partial charge in [0.1, 0.15) is 11.9 Å². The van der Waals surface area contributed by atoms with E-state index in [1.54, 1.807) is 6.92 Å². The van der Waals surface area contributed by atoms with E-state index in [0.29, 0.717) is 12.8 Å². The van der Waals surface area contributed by atoms with Crippen molar-refractivity contribution in [1.82, 2.24) is 0 Å². The van der Waals surface area contributed by atoms with Gasteiger partial charge in [-0.3, -0.25) is 9.59 Å². The third kappa shape index (κ3) is 19.9. The van der Waals surface area contributed by atoms with Gasteiger partial charge in [-0.25, -0.2) is 0 Å². The highest BCUT2D eigenvalue weighted by atomic mass is 16.5. The number of Topliss-reactive ketones (excluding diaryl/α,β-unsaturated/α-hetero) is 1. The normalized spacial score (nSPS) is 12.1. The van der Waals surface area contributed by atoms with Crippen molar-refractivity contribution in [3.05, 3.63) is 0 Å². The van der Waals surface area contributed by atoms with E-state index in [0.717, 1.165) is 25.7 Å². The van der Waals surface area contributed by atoms with Crippen LogP contribution in [0.2, 0.25) is 0 Å². The molecule has 3 heteroatoms.